The van der Waals surface area contributed by atoms with Gasteiger partial charge in [-0.15, -0.1) is 0 Å². The van der Waals surface area contributed by atoms with Crippen LogP contribution in [0.1, 0.15) is 21.6 Å². The summed E-state index contributed by atoms with van der Waals surface area (Å²) in [5.74, 6) is 0.485. The van der Waals surface area contributed by atoms with E-state index in [2.05, 4.69) is 9.69 Å². The molecule has 0 unspecified atom stereocenters. The van der Waals surface area contributed by atoms with Gasteiger partial charge in [0.15, 0.2) is 0 Å². The van der Waals surface area contributed by atoms with Crippen molar-refractivity contribution in [3.05, 3.63) is 76.4 Å². The second-order valence-electron chi connectivity index (χ2n) is 5.20. The molecule has 3 rings (SSSR count). The molecular formula is C18H15ClN2O2S. The van der Waals surface area contributed by atoms with Gasteiger partial charge in [-0.25, -0.2) is 0 Å². The van der Waals surface area contributed by atoms with Gasteiger partial charge in [-0.1, -0.05) is 35.9 Å². The van der Waals surface area contributed by atoms with Crippen molar-refractivity contribution in [2.45, 2.75) is 13.5 Å². The van der Waals surface area contributed by atoms with E-state index >= 15 is 0 Å². The minimum Gasteiger partial charge on any atom is -0.487 e. The number of hydrogen-bond donors (Lipinski definition) is 1. The fourth-order valence-electron chi connectivity index (χ4n) is 2.08. The van der Waals surface area contributed by atoms with Crippen molar-refractivity contribution >= 4 is 34.0 Å². The van der Waals surface area contributed by atoms with Crippen molar-refractivity contribution in [3.63, 3.8) is 0 Å². The molecule has 0 bridgehead atoms. The molecule has 1 N–H and O–H groups in total. The molecule has 0 spiro atoms. The number of nitrogens with one attached hydrogen (secondary N) is 1. The first-order valence-corrected chi connectivity index (χ1v) is 8.48. The highest BCUT2D eigenvalue weighted by atomic mass is 35.5. The third kappa shape index (κ3) is 4.13. The van der Waals surface area contributed by atoms with Gasteiger partial charge in [0, 0.05) is 5.56 Å². The van der Waals surface area contributed by atoms with Crippen LogP contribution in [0.25, 0.3) is 0 Å². The predicted octanol–water partition coefficient (Wildman–Crippen LogP) is 4.94. The summed E-state index contributed by atoms with van der Waals surface area (Å²) in [4.78, 5) is 12.2. The number of para-hydroxylation sites is 1. The molecule has 6 heteroatoms. The molecule has 4 nitrogen and oxygen atoms in total. The zero-order valence-corrected chi connectivity index (χ0v) is 14.5. The van der Waals surface area contributed by atoms with Gasteiger partial charge in [0.2, 0.25) is 0 Å². The summed E-state index contributed by atoms with van der Waals surface area (Å²) in [6.45, 7) is 2.28. The molecule has 1 amide bonds. The lowest BCUT2D eigenvalue weighted by Crippen LogP contribution is -2.10. The summed E-state index contributed by atoms with van der Waals surface area (Å²) in [6.07, 6.45) is 0. The van der Waals surface area contributed by atoms with E-state index < -0.39 is 0 Å². The second kappa shape index (κ2) is 7.47. The standard InChI is InChI=1S/C18H15ClN2O2S/c1-12-10-17(24-21-12)20-18(22)14-8-6-13(7-9-14)11-23-16-5-3-2-4-15(16)19/h2-10H,11H2,1H3,(H,20,22). The Morgan fingerprint density at radius 3 is 2.62 bits per heavy atom. The van der Waals surface area contributed by atoms with Gasteiger partial charge in [0.1, 0.15) is 17.4 Å². The Labute approximate surface area is 149 Å². The van der Waals surface area contributed by atoms with Crippen LogP contribution in [0.3, 0.4) is 0 Å². The van der Waals surface area contributed by atoms with Crippen molar-refractivity contribution in [2.75, 3.05) is 5.32 Å². The van der Waals surface area contributed by atoms with E-state index in [1.165, 1.54) is 11.5 Å². The molecular weight excluding hydrogens is 344 g/mol. The average molecular weight is 359 g/mol. The van der Waals surface area contributed by atoms with Crippen LogP contribution in [0.15, 0.2) is 54.6 Å². The van der Waals surface area contributed by atoms with Gasteiger partial charge in [-0.05, 0) is 54.4 Å². The molecule has 0 saturated heterocycles. The number of amides is 1. The smallest absolute Gasteiger partial charge is 0.256 e. The van der Waals surface area contributed by atoms with E-state index in [1.54, 1.807) is 18.2 Å². The minimum atomic E-state index is -0.155. The first-order valence-electron chi connectivity index (χ1n) is 7.33. The van der Waals surface area contributed by atoms with Gasteiger partial charge in [0.25, 0.3) is 5.91 Å². The molecule has 0 saturated carbocycles. The quantitative estimate of drug-likeness (QED) is 0.703. The van der Waals surface area contributed by atoms with E-state index in [9.17, 15) is 4.79 Å². The third-order valence-electron chi connectivity index (χ3n) is 3.31. The highest BCUT2D eigenvalue weighted by Gasteiger charge is 2.08. The molecule has 1 heterocycles. The van der Waals surface area contributed by atoms with E-state index in [4.69, 9.17) is 16.3 Å². The SMILES string of the molecule is Cc1cc(NC(=O)c2ccc(COc3ccccc3Cl)cc2)sn1. The van der Waals surface area contributed by atoms with Crippen LogP contribution in [0.4, 0.5) is 5.00 Å². The first kappa shape index (κ1) is 16.5. The maximum absolute atomic E-state index is 12.2. The topological polar surface area (TPSA) is 51.2 Å². The van der Waals surface area contributed by atoms with Crippen LogP contribution in [0, 0.1) is 6.92 Å². The Morgan fingerprint density at radius 1 is 1.21 bits per heavy atom. The van der Waals surface area contributed by atoms with E-state index in [0.29, 0.717) is 22.9 Å². The Kier molecular flexibility index (Phi) is 5.13. The van der Waals surface area contributed by atoms with Crippen LogP contribution in [0.5, 0.6) is 5.75 Å². The number of rotatable bonds is 5. The third-order valence-corrected chi connectivity index (χ3v) is 4.42. The van der Waals surface area contributed by atoms with Crippen LogP contribution in [0.2, 0.25) is 5.02 Å². The molecule has 3 aromatic rings. The Morgan fingerprint density at radius 2 is 1.96 bits per heavy atom. The lowest BCUT2D eigenvalue weighted by molar-refractivity contribution is 0.102. The van der Waals surface area contributed by atoms with Crippen molar-refractivity contribution in [1.82, 2.24) is 4.37 Å². The van der Waals surface area contributed by atoms with Gasteiger partial charge in [-0.3, -0.25) is 4.79 Å². The zero-order chi connectivity index (χ0) is 16.9. The summed E-state index contributed by atoms with van der Waals surface area (Å²) < 4.78 is 9.82. The number of halogens is 1. The number of aromatic nitrogens is 1. The van der Waals surface area contributed by atoms with Gasteiger partial charge in [0.05, 0.1) is 10.7 Å². The number of nitrogens with zero attached hydrogens (tertiary/aromatic N) is 1. The number of carbonyl (C=O) groups is 1. The molecule has 0 aliphatic carbocycles. The van der Waals surface area contributed by atoms with E-state index in [1.807, 2.05) is 43.3 Å². The fraction of sp³-hybridized carbons (Fsp3) is 0.111. The molecule has 0 fully saturated rings. The normalized spacial score (nSPS) is 10.4. The van der Waals surface area contributed by atoms with Gasteiger partial charge >= 0.3 is 0 Å². The van der Waals surface area contributed by atoms with E-state index in [0.717, 1.165) is 16.3 Å². The first-order chi connectivity index (χ1) is 11.6. The Balaban J connectivity index is 1.60. The largest absolute Gasteiger partial charge is 0.487 e. The van der Waals surface area contributed by atoms with Crippen LogP contribution >= 0.6 is 23.1 Å². The van der Waals surface area contributed by atoms with Crippen molar-refractivity contribution < 1.29 is 9.53 Å². The van der Waals surface area contributed by atoms with Crippen LogP contribution in [-0.4, -0.2) is 10.3 Å². The molecule has 0 aliphatic rings. The number of aryl methyl sites for hydroxylation is 1. The van der Waals surface area contributed by atoms with Crippen molar-refractivity contribution in [2.24, 2.45) is 0 Å². The zero-order valence-electron chi connectivity index (χ0n) is 13.0. The summed E-state index contributed by atoms with van der Waals surface area (Å²) in [5.41, 5.74) is 2.44. The van der Waals surface area contributed by atoms with Gasteiger partial charge < -0.3 is 10.1 Å². The maximum Gasteiger partial charge on any atom is 0.256 e. The molecule has 2 aromatic carbocycles. The summed E-state index contributed by atoms with van der Waals surface area (Å²) in [7, 11) is 0. The highest BCUT2D eigenvalue weighted by Crippen LogP contribution is 2.24. The number of anilines is 1. The van der Waals surface area contributed by atoms with Crippen molar-refractivity contribution in [1.29, 1.82) is 0 Å². The number of ether oxygens (including phenoxy) is 1. The maximum atomic E-state index is 12.2. The summed E-state index contributed by atoms with van der Waals surface area (Å²) in [5, 5.41) is 4.15. The van der Waals surface area contributed by atoms with E-state index in [-0.39, 0.29) is 5.91 Å². The number of benzene rings is 2. The molecule has 122 valence electrons. The fourth-order valence-corrected chi connectivity index (χ4v) is 2.93. The molecule has 1 aromatic heterocycles. The average Bonchev–Trinajstić information content (AvgIpc) is 2.99. The summed E-state index contributed by atoms with van der Waals surface area (Å²) >= 11 is 7.32. The number of hydrogen-bond acceptors (Lipinski definition) is 4. The van der Waals surface area contributed by atoms with Gasteiger partial charge in [-0.2, -0.15) is 4.37 Å². The molecule has 24 heavy (non-hydrogen) atoms. The monoisotopic (exact) mass is 358 g/mol. The lowest BCUT2D eigenvalue weighted by Gasteiger charge is -2.08. The molecule has 0 aliphatic heterocycles. The predicted molar refractivity (Wildman–Crippen MR) is 97.0 cm³/mol. The molecule has 0 atom stereocenters. The second-order valence-corrected chi connectivity index (χ2v) is 6.41. The summed E-state index contributed by atoms with van der Waals surface area (Å²) in [6, 6.07) is 16.4. The number of carbonyl (C=O) groups excluding carboxylic acids is 1. The lowest BCUT2D eigenvalue weighted by atomic mass is 10.1. The minimum absolute atomic E-state index is 0.155. The van der Waals surface area contributed by atoms with Crippen LogP contribution in [-0.2, 0) is 6.61 Å². The Bertz CT molecular complexity index is 846. The van der Waals surface area contributed by atoms with Crippen molar-refractivity contribution in [3.8, 4) is 5.75 Å². The van der Waals surface area contributed by atoms with Crippen LogP contribution < -0.4 is 10.1 Å². The molecule has 0 radical (unpaired) electrons. The highest BCUT2D eigenvalue weighted by molar-refractivity contribution is 7.10. The Hall–Kier alpha value is -2.37.